The molecule has 0 fully saturated rings. The Morgan fingerprint density at radius 2 is 2.07 bits per heavy atom. The molecule has 0 aliphatic carbocycles. The normalized spacial score (nSPS) is 13.2. The second-order valence-corrected chi connectivity index (χ2v) is 5.40. The molecular weight excluding hydrogens is 198 g/mol. The standard InChI is InChI=1S/C10H11NO2S/c1-8-4-3-5-10(6-8)14(12,13)9(2)7-11/h3-6,9H,1-2H3. The third kappa shape index (κ3) is 1.94. The molecule has 1 unspecified atom stereocenters. The fraction of sp³-hybridized carbons (Fsp3) is 0.300. The second-order valence-electron chi connectivity index (χ2n) is 3.13. The molecule has 0 spiro atoms. The van der Waals surface area contributed by atoms with Crippen LogP contribution in [0.2, 0.25) is 0 Å². The molecule has 0 amide bonds. The van der Waals surface area contributed by atoms with Crippen molar-refractivity contribution in [3.05, 3.63) is 29.8 Å². The van der Waals surface area contributed by atoms with Gasteiger partial charge in [-0.05, 0) is 31.5 Å². The van der Waals surface area contributed by atoms with Crippen LogP contribution >= 0.6 is 0 Å². The van der Waals surface area contributed by atoms with Gasteiger partial charge >= 0.3 is 0 Å². The Hall–Kier alpha value is -1.34. The summed E-state index contributed by atoms with van der Waals surface area (Å²) in [5.74, 6) is 0. The summed E-state index contributed by atoms with van der Waals surface area (Å²) in [6.45, 7) is 3.20. The van der Waals surface area contributed by atoms with Crippen molar-refractivity contribution in [1.29, 1.82) is 5.26 Å². The molecule has 0 aromatic heterocycles. The van der Waals surface area contributed by atoms with E-state index in [4.69, 9.17) is 5.26 Å². The minimum atomic E-state index is -3.47. The Bertz CT molecular complexity index is 471. The molecule has 74 valence electrons. The van der Waals surface area contributed by atoms with E-state index in [1.807, 2.05) is 13.0 Å². The summed E-state index contributed by atoms with van der Waals surface area (Å²) < 4.78 is 23.4. The van der Waals surface area contributed by atoms with Crippen molar-refractivity contribution in [2.45, 2.75) is 24.0 Å². The van der Waals surface area contributed by atoms with E-state index in [2.05, 4.69) is 0 Å². The van der Waals surface area contributed by atoms with E-state index >= 15 is 0 Å². The van der Waals surface area contributed by atoms with Gasteiger partial charge in [-0.15, -0.1) is 0 Å². The van der Waals surface area contributed by atoms with Crippen LogP contribution in [0.25, 0.3) is 0 Å². The molecule has 1 aromatic carbocycles. The average Bonchev–Trinajstić information content (AvgIpc) is 2.16. The van der Waals surface area contributed by atoms with Crippen LogP contribution in [0.1, 0.15) is 12.5 Å². The summed E-state index contributed by atoms with van der Waals surface area (Å²) in [5.41, 5.74) is 0.871. The highest BCUT2D eigenvalue weighted by Gasteiger charge is 2.22. The molecule has 0 saturated heterocycles. The van der Waals surface area contributed by atoms with E-state index in [1.54, 1.807) is 18.2 Å². The number of nitriles is 1. The molecule has 0 bridgehead atoms. The van der Waals surface area contributed by atoms with Crippen molar-refractivity contribution in [3.8, 4) is 6.07 Å². The van der Waals surface area contributed by atoms with Crippen molar-refractivity contribution >= 4 is 9.84 Å². The average molecular weight is 209 g/mol. The van der Waals surface area contributed by atoms with Gasteiger partial charge in [-0.3, -0.25) is 0 Å². The first-order valence-corrected chi connectivity index (χ1v) is 5.73. The summed E-state index contributed by atoms with van der Waals surface area (Å²) in [6, 6.07) is 8.31. The summed E-state index contributed by atoms with van der Waals surface area (Å²) in [5, 5.41) is 7.58. The molecule has 1 rings (SSSR count). The van der Waals surface area contributed by atoms with Gasteiger partial charge in [0.25, 0.3) is 0 Å². The molecule has 0 radical (unpaired) electrons. The molecule has 3 nitrogen and oxygen atoms in total. The minimum Gasteiger partial charge on any atom is -0.222 e. The van der Waals surface area contributed by atoms with Gasteiger partial charge in [-0.2, -0.15) is 5.26 Å². The number of aryl methyl sites for hydroxylation is 1. The fourth-order valence-electron chi connectivity index (χ4n) is 1.07. The van der Waals surface area contributed by atoms with Gasteiger partial charge in [0.05, 0.1) is 11.0 Å². The highest BCUT2D eigenvalue weighted by Crippen LogP contribution is 2.16. The number of hydrogen-bond acceptors (Lipinski definition) is 3. The predicted molar refractivity (Wildman–Crippen MR) is 53.4 cm³/mol. The Labute approximate surface area is 83.9 Å². The lowest BCUT2D eigenvalue weighted by Gasteiger charge is -2.05. The Morgan fingerprint density at radius 3 is 2.57 bits per heavy atom. The van der Waals surface area contributed by atoms with Crippen LogP contribution in [0, 0.1) is 18.3 Å². The summed E-state index contributed by atoms with van der Waals surface area (Å²) in [4.78, 5) is 0.214. The van der Waals surface area contributed by atoms with Gasteiger partial charge in [0.15, 0.2) is 9.84 Å². The lowest BCUT2D eigenvalue weighted by Crippen LogP contribution is -2.15. The van der Waals surface area contributed by atoms with Gasteiger partial charge in [0.2, 0.25) is 0 Å². The van der Waals surface area contributed by atoms with Gasteiger partial charge < -0.3 is 0 Å². The largest absolute Gasteiger partial charge is 0.222 e. The molecule has 0 N–H and O–H groups in total. The summed E-state index contributed by atoms with van der Waals surface area (Å²) in [7, 11) is -3.47. The van der Waals surface area contributed by atoms with E-state index < -0.39 is 15.1 Å². The molecule has 1 aromatic rings. The van der Waals surface area contributed by atoms with Crippen molar-refractivity contribution in [3.63, 3.8) is 0 Å². The van der Waals surface area contributed by atoms with E-state index in [0.29, 0.717) is 0 Å². The molecule has 0 aliphatic rings. The molecule has 14 heavy (non-hydrogen) atoms. The van der Waals surface area contributed by atoms with E-state index in [0.717, 1.165) is 5.56 Å². The zero-order chi connectivity index (χ0) is 10.8. The monoisotopic (exact) mass is 209 g/mol. The van der Waals surface area contributed by atoms with Gasteiger partial charge in [0.1, 0.15) is 5.25 Å². The number of rotatable bonds is 2. The Kier molecular flexibility index (Phi) is 2.92. The minimum absolute atomic E-state index is 0.214. The Balaban J connectivity index is 3.26. The first kappa shape index (κ1) is 10.7. The molecule has 0 heterocycles. The second kappa shape index (κ2) is 3.81. The van der Waals surface area contributed by atoms with Crippen LogP contribution < -0.4 is 0 Å². The number of hydrogen-bond donors (Lipinski definition) is 0. The maximum atomic E-state index is 11.7. The predicted octanol–water partition coefficient (Wildman–Crippen LogP) is 1.68. The topological polar surface area (TPSA) is 57.9 Å². The van der Waals surface area contributed by atoms with Crippen molar-refractivity contribution in [2.75, 3.05) is 0 Å². The quantitative estimate of drug-likeness (QED) is 0.744. The maximum absolute atomic E-state index is 11.7. The van der Waals surface area contributed by atoms with Crippen LogP contribution in [0.3, 0.4) is 0 Å². The lowest BCUT2D eigenvalue weighted by atomic mass is 10.2. The van der Waals surface area contributed by atoms with E-state index in [9.17, 15) is 8.42 Å². The van der Waals surface area contributed by atoms with Crippen LogP contribution in [0.4, 0.5) is 0 Å². The van der Waals surface area contributed by atoms with Crippen LogP contribution in [-0.2, 0) is 9.84 Å². The van der Waals surface area contributed by atoms with E-state index in [1.165, 1.54) is 13.0 Å². The molecular formula is C10H11NO2S. The zero-order valence-corrected chi connectivity index (χ0v) is 8.88. The third-order valence-electron chi connectivity index (χ3n) is 1.97. The third-order valence-corrected chi connectivity index (χ3v) is 3.91. The van der Waals surface area contributed by atoms with Gasteiger partial charge in [0, 0.05) is 0 Å². The fourth-order valence-corrected chi connectivity index (χ4v) is 2.23. The molecule has 0 aliphatic heterocycles. The number of sulfone groups is 1. The SMILES string of the molecule is Cc1cccc(S(=O)(=O)C(C)C#N)c1. The maximum Gasteiger partial charge on any atom is 0.194 e. The highest BCUT2D eigenvalue weighted by molar-refractivity contribution is 7.92. The van der Waals surface area contributed by atoms with Crippen LogP contribution in [0.15, 0.2) is 29.2 Å². The van der Waals surface area contributed by atoms with Crippen LogP contribution in [-0.4, -0.2) is 13.7 Å². The summed E-state index contributed by atoms with van der Waals surface area (Å²) in [6.07, 6.45) is 0. The first-order valence-electron chi connectivity index (χ1n) is 4.18. The van der Waals surface area contributed by atoms with Gasteiger partial charge in [-0.1, -0.05) is 12.1 Å². The van der Waals surface area contributed by atoms with Crippen molar-refractivity contribution < 1.29 is 8.42 Å². The molecule has 1 atom stereocenters. The zero-order valence-electron chi connectivity index (χ0n) is 8.06. The van der Waals surface area contributed by atoms with E-state index in [-0.39, 0.29) is 4.90 Å². The van der Waals surface area contributed by atoms with Crippen molar-refractivity contribution in [2.24, 2.45) is 0 Å². The molecule has 4 heteroatoms. The first-order chi connectivity index (χ1) is 6.48. The summed E-state index contributed by atoms with van der Waals surface area (Å²) >= 11 is 0. The Morgan fingerprint density at radius 1 is 1.43 bits per heavy atom. The molecule has 0 saturated carbocycles. The van der Waals surface area contributed by atoms with Gasteiger partial charge in [-0.25, -0.2) is 8.42 Å². The highest BCUT2D eigenvalue weighted by atomic mass is 32.2. The smallest absolute Gasteiger partial charge is 0.194 e. The lowest BCUT2D eigenvalue weighted by molar-refractivity contribution is 0.592. The van der Waals surface area contributed by atoms with Crippen molar-refractivity contribution in [1.82, 2.24) is 0 Å². The number of nitrogens with zero attached hydrogens (tertiary/aromatic N) is 1. The van der Waals surface area contributed by atoms with Crippen LogP contribution in [0.5, 0.6) is 0 Å². The number of benzene rings is 1.